The topological polar surface area (TPSA) is 72.3 Å². The van der Waals surface area contributed by atoms with E-state index < -0.39 is 30.2 Å². The van der Waals surface area contributed by atoms with E-state index in [4.69, 9.17) is 4.74 Å². The quantitative estimate of drug-likeness (QED) is 0.737. The molecule has 2 aromatic rings. The monoisotopic (exact) mass is 441 g/mol. The van der Waals surface area contributed by atoms with Crippen LogP contribution in [0.2, 0.25) is 0 Å². The minimum absolute atomic E-state index is 0.0289. The van der Waals surface area contributed by atoms with Crippen molar-refractivity contribution in [3.8, 4) is 5.75 Å². The van der Waals surface area contributed by atoms with Gasteiger partial charge in [-0.25, -0.2) is 9.07 Å². The summed E-state index contributed by atoms with van der Waals surface area (Å²) in [5.41, 5.74) is 0. The highest BCUT2D eigenvalue weighted by Crippen LogP contribution is 2.41. The van der Waals surface area contributed by atoms with Crippen LogP contribution in [0, 0.1) is 11.7 Å². The van der Waals surface area contributed by atoms with E-state index in [-0.39, 0.29) is 29.9 Å². The van der Waals surface area contributed by atoms with Crippen molar-refractivity contribution in [2.75, 3.05) is 18.4 Å². The molecule has 1 N–H and O–H groups in total. The van der Waals surface area contributed by atoms with Crippen LogP contribution in [0.3, 0.4) is 0 Å². The number of rotatable bonds is 4. The van der Waals surface area contributed by atoms with Crippen molar-refractivity contribution in [2.45, 2.75) is 50.6 Å². The fourth-order valence-electron chi connectivity index (χ4n) is 4.30. The first kappa shape index (κ1) is 21.4. The Kier molecular flexibility index (Phi) is 5.76. The maximum absolute atomic E-state index is 13.5. The SMILES string of the molecule is C[C@@H](Oc1cccc(F)c1)C(=O)N1CCC([C@@H]2C[C@H](C(F)(F)F)n3ncnc3N2)CC1. The zero-order valence-corrected chi connectivity index (χ0v) is 16.8. The van der Waals surface area contributed by atoms with E-state index >= 15 is 0 Å². The fourth-order valence-corrected chi connectivity index (χ4v) is 4.30. The van der Waals surface area contributed by atoms with Gasteiger partial charge in [-0.15, -0.1) is 0 Å². The maximum Gasteiger partial charge on any atom is 0.411 e. The number of hydrogen-bond donors (Lipinski definition) is 1. The molecule has 0 spiro atoms. The van der Waals surface area contributed by atoms with Crippen LogP contribution in [0.25, 0.3) is 0 Å². The maximum atomic E-state index is 13.5. The first-order valence-electron chi connectivity index (χ1n) is 10.2. The van der Waals surface area contributed by atoms with Crippen LogP contribution in [0.5, 0.6) is 5.75 Å². The Morgan fingerprint density at radius 1 is 1.29 bits per heavy atom. The normalized spacial score (nSPS) is 23.1. The number of amides is 1. The van der Waals surface area contributed by atoms with Crippen molar-refractivity contribution in [2.24, 2.45) is 5.92 Å². The highest BCUT2D eigenvalue weighted by Gasteiger charge is 2.48. The predicted octanol–water partition coefficient (Wildman–Crippen LogP) is 3.41. The van der Waals surface area contributed by atoms with Gasteiger partial charge in [-0.2, -0.15) is 23.3 Å². The lowest BCUT2D eigenvalue weighted by Crippen LogP contribution is -2.49. The number of halogens is 4. The number of likely N-dealkylation sites (tertiary alicyclic amines) is 1. The number of alkyl halides is 3. The Labute approximate surface area is 176 Å². The van der Waals surface area contributed by atoms with Gasteiger partial charge in [0.2, 0.25) is 5.95 Å². The lowest BCUT2D eigenvalue weighted by molar-refractivity contribution is -0.174. The second kappa shape index (κ2) is 8.35. The second-order valence-corrected chi connectivity index (χ2v) is 7.95. The first-order chi connectivity index (χ1) is 14.7. The van der Waals surface area contributed by atoms with E-state index in [1.807, 2.05) is 0 Å². The highest BCUT2D eigenvalue weighted by atomic mass is 19.4. The van der Waals surface area contributed by atoms with Crippen LogP contribution in [0.4, 0.5) is 23.5 Å². The molecule has 2 aliphatic rings. The van der Waals surface area contributed by atoms with Gasteiger partial charge in [-0.3, -0.25) is 4.79 Å². The molecule has 1 saturated heterocycles. The van der Waals surface area contributed by atoms with Crippen molar-refractivity contribution in [1.82, 2.24) is 19.7 Å². The predicted molar refractivity (Wildman–Crippen MR) is 103 cm³/mol. The molecular weight excluding hydrogens is 418 g/mol. The standard InChI is InChI=1S/C20H23F4N5O2/c1-12(31-15-4-2-3-14(21)9-15)18(30)28-7-5-13(6-8-28)16-10-17(20(22,23)24)29-19(27-16)25-11-26-29/h2-4,9,11-13,16-17H,5-8,10H2,1H3,(H,25,26,27)/t12-,16+,17-/m1/s1. The molecule has 1 aromatic carbocycles. The molecule has 4 rings (SSSR count). The largest absolute Gasteiger partial charge is 0.481 e. The first-order valence-corrected chi connectivity index (χ1v) is 10.2. The molecule has 0 unspecified atom stereocenters. The van der Waals surface area contributed by atoms with Crippen LogP contribution in [0.15, 0.2) is 30.6 Å². The van der Waals surface area contributed by atoms with E-state index in [0.717, 1.165) is 11.0 Å². The zero-order chi connectivity index (χ0) is 22.2. The summed E-state index contributed by atoms with van der Waals surface area (Å²) in [5.74, 6) is -0.324. The molecule has 31 heavy (non-hydrogen) atoms. The smallest absolute Gasteiger partial charge is 0.411 e. The molecule has 0 aliphatic carbocycles. The average Bonchev–Trinajstić information content (AvgIpc) is 3.20. The molecule has 3 atom stereocenters. The van der Waals surface area contributed by atoms with Gasteiger partial charge < -0.3 is 15.0 Å². The number of anilines is 1. The van der Waals surface area contributed by atoms with Crippen LogP contribution < -0.4 is 10.1 Å². The molecule has 11 heteroatoms. The number of carbonyl (C=O) groups excluding carboxylic acids is 1. The zero-order valence-electron chi connectivity index (χ0n) is 16.8. The highest BCUT2D eigenvalue weighted by molar-refractivity contribution is 5.81. The molecule has 0 radical (unpaired) electrons. The molecular formula is C20H23F4N5O2. The number of piperidine rings is 1. The molecule has 1 amide bonds. The summed E-state index contributed by atoms with van der Waals surface area (Å²) < 4.78 is 60.2. The summed E-state index contributed by atoms with van der Waals surface area (Å²) in [4.78, 5) is 18.3. The summed E-state index contributed by atoms with van der Waals surface area (Å²) in [6, 6.07) is 3.45. The van der Waals surface area contributed by atoms with Gasteiger partial charge in [-0.05, 0) is 44.2 Å². The fraction of sp³-hybridized carbons (Fsp3) is 0.550. The Hall–Kier alpha value is -2.85. The van der Waals surface area contributed by atoms with Crippen LogP contribution in [-0.2, 0) is 4.79 Å². The number of benzene rings is 1. The van der Waals surface area contributed by atoms with Crippen molar-refractivity contribution in [3.05, 3.63) is 36.4 Å². The van der Waals surface area contributed by atoms with Gasteiger partial charge in [0.25, 0.3) is 5.91 Å². The Balaban J connectivity index is 1.35. The summed E-state index contributed by atoms with van der Waals surface area (Å²) in [5, 5.41) is 6.79. The number of carbonyl (C=O) groups is 1. The van der Waals surface area contributed by atoms with Gasteiger partial charge in [0.05, 0.1) is 0 Å². The number of hydrogen-bond acceptors (Lipinski definition) is 5. The van der Waals surface area contributed by atoms with Crippen LogP contribution >= 0.6 is 0 Å². The summed E-state index contributed by atoms with van der Waals surface area (Å²) in [6.07, 6.45) is -3.09. The van der Waals surface area contributed by atoms with E-state index in [0.29, 0.717) is 25.9 Å². The number of aromatic nitrogens is 3. The van der Waals surface area contributed by atoms with Crippen molar-refractivity contribution in [3.63, 3.8) is 0 Å². The lowest BCUT2D eigenvalue weighted by Gasteiger charge is -2.40. The van der Waals surface area contributed by atoms with E-state index in [9.17, 15) is 22.4 Å². The van der Waals surface area contributed by atoms with Crippen LogP contribution in [0.1, 0.15) is 32.2 Å². The molecule has 1 aromatic heterocycles. The molecule has 3 heterocycles. The molecule has 2 aliphatic heterocycles. The summed E-state index contributed by atoms with van der Waals surface area (Å²) in [7, 11) is 0. The third kappa shape index (κ3) is 4.59. The van der Waals surface area contributed by atoms with Crippen molar-refractivity contribution < 1.29 is 27.1 Å². The molecule has 0 bridgehead atoms. The third-order valence-corrected chi connectivity index (χ3v) is 5.91. The third-order valence-electron chi connectivity index (χ3n) is 5.91. The number of fused-ring (bicyclic) bond motifs is 1. The second-order valence-electron chi connectivity index (χ2n) is 7.95. The number of nitrogens with zero attached hydrogens (tertiary/aromatic N) is 4. The minimum atomic E-state index is -4.41. The van der Waals surface area contributed by atoms with Gasteiger partial charge in [0.15, 0.2) is 12.1 Å². The van der Waals surface area contributed by atoms with Crippen molar-refractivity contribution in [1.29, 1.82) is 0 Å². The Morgan fingerprint density at radius 2 is 2.03 bits per heavy atom. The molecule has 168 valence electrons. The lowest BCUT2D eigenvalue weighted by atomic mass is 9.85. The van der Waals surface area contributed by atoms with Gasteiger partial charge in [0, 0.05) is 25.2 Å². The van der Waals surface area contributed by atoms with E-state index in [1.54, 1.807) is 17.9 Å². The van der Waals surface area contributed by atoms with Gasteiger partial charge in [-0.1, -0.05) is 6.07 Å². The summed E-state index contributed by atoms with van der Waals surface area (Å²) >= 11 is 0. The molecule has 7 nitrogen and oxygen atoms in total. The number of nitrogens with one attached hydrogen (secondary N) is 1. The average molecular weight is 441 g/mol. The van der Waals surface area contributed by atoms with Gasteiger partial charge >= 0.3 is 6.18 Å². The van der Waals surface area contributed by atoms with E-state index in [2.05, 4.69) is 15.4 Å². The molecule has 0 saturated carbocycles. The number of ether oxygens (including phenoxy) is 1. The van der Waals surface area contributed by atoms with Crippen LogP contribution in [-0.4, -0.2) is 57.0 Å². The summed E-state index contributed by atoms with van der Waals surface area (Å²) in [6.45, 7) is 2.44. The van der Waals surface area contributed by atoms with Crippen molar-refractivity contribution >= 4 is 11.9 Å². The Morgan fingerprint density at radius 3 is 2.71 bits per heavy atom. The van der Waals surface area contributed by atoms with Gasteiger partial charge in [0.1, 0.15) is 17.9 Å². The Bertz CT molecular complexity index is 926. The van der Waals surface area contributed by atoms with E-state index in [1.165, 1.54) is 18.2 Å². The minimum Gasteiger partial charge on any atom is -0.481 e. The molecule has 1 fully saturated rings.